The molecule has 0 aliphatic rings. The molecular formula is C19H25NO4S. The third-order valence-corrected chi connectivity index (χ3v) is 3.99. The van der Waals surface area contributed by atoms with Crippen molar-refractivity contribution >= 4 is 10.1 Å². The summed E-state index contributed by atoms with van der Waals surface area (Å²) in [6, 6.07) is 11.7. The summed E-state index contributed by atoms with van der Waals surface area (Å²) in [5.74, 6) is 0. The predicted octanol–water partition coefficient (Wildman–Crippen LogP) is 3.05. The molecule has 0 bridgehead atoms. The first-order valence-corrected chi connectivity index (χ1v) is 9.45. The predicted molar refractivity (Wildman–Crippen MR) is 95.9 cm³/mol. The Morgan fingerprint density at radius 3 is 2.24 bits per heavy atom. The smallest absolute Gasteiger partial charge is 0.222 e. The van der Waals surface area contributed by atoms with Crippen LogP contribution < -0.4 is 9.57 Å². The van der Waals surface area contributed by atoms with Crippen molar-refractivity contribution in [2.75, 3.05) is 6.61 Å². The minimum absolute atomic E-state index is 0.178. The maximum absolute atomic E-state index is 10.4. The number of rotatable bonds is 6. The van der Waals surface area contributed by atoms with Gasteiger partial charge < -0.3 is 4.55 Å². The average Bonchev–Trinajstić information content (AvgIpc) is 2.55. The van der Waals surface area contributed by atoms with E-state index in [0.717, 1.165) is 25.0 Å². The van der Waals surface area contributed by atoms with E-state index < -0.39 is 10.1 Å². The Kier molecular flexibility index (Phi) is 8.88. The highest BCUT2D eigenvalue weighted by Gasteiger charge is 1.98. The van der Waals surface area contributed by atoms with Crippen LogP contribution in [0.3, 0.4) is 0 Å². The molecule has 1 aromatic carbocycles. The molecule has 0 radical (unpaired) electrons. The first-order chi connectivity index (χ1) is 11.8. The zero-order chi connectivity index (χ0) is 18.7. The van der Waals surface area contributed by atoms with Gasteiger partial charge in [-0.2, -0.15) is 0 Å². The van der Waals surface area contributed by atoms with Crippen LogP contribution in [0.15, 0.2) is 71.4 Å². The van der Waals surface area contributed by atoms with Crippen molar-refractivity contribution in [2.45, 2.75) is 38.5 Å². The molecule has 0 atom stereocenters. The quantitative estimate of drug-likeness (QED) is 0.342. The fourth-order valence-electron chi connectivity index (χ4n) is 1.82. The Morgan fingerprint density at radius 2 is 1.72 bits per heavy atom. The van der Waals surface area contributed by atoms with Crippen molar-refractivity contribution in [3.05, 3.63) is 72.1 Å². The number of hydrogen-bond donors (Lipinski definition) is 0. The van der Waals surface area contributed by atoms with Gasteiger partial charge in [0.05, 0.1) is 4.90 Å². The van der Waals surface area contributed by atoms with Crippen molar-refractivity contribution in [1.29, 1.82) is 0 Å². The van der Waals surface area contributed by atoms with Crippen LogP contribution in [0.5, 0.6) is 0 Å². The molecule has 6 heteroatoms. The zero-order valence-electron chi connectivity index (χ0n) is 14.9. The topological polar surface area (TPSA) is 70.3 Å². The number of aryl methyl sites for hydroxylation is 1. The molecule has 0 aliphatic heterocycles. The minimum atomic E-state index is -4.27. The Morgan fingerprint density at radius 1 is 1.12 bits per heavy atom. The first-order valence-electron chi connectivity index (χ1n) is 8.04. The van der Waals surface area contributed by atoms with E-state index in [2.05, 4.69) is 19.9 Å². The lowest BCUT2D eigenvalue weighted by Gasteiger charge is -2.05. The van der Waals surface area contributed by atoms with Gasteiger partial charge in [0, 0.05) is 16.9 Å². The van der Waals surface area contributed by atoms with Gasteiger partial charge in [0.15, 0.2) is 6.61 Å². The van der Waals surface area contributed by atoms with E-state index in [1.807, 2.05) is 37.5 Å². The van der Waals surface area contributed by atoms with Crippen LogP contribution in [0.25, 0.3) is 0 Å². The van der Waals surface area contributed by atoms with E-state index in [1.165, 1.54) is 17.7 Å². The lowest BCUT2D eigenvalue weighted by atomic mass is 10.2. The fourth-order valence-corrected chi connectivity index (χ4v) is 2.29. The number of unbranched alkanes of at least 4 members (excludes halogenated alkanes) is 1. The summed E-state index contributed by atoms with van der Waals surface area (Å²) in [6.45, 7) is 6.82. The molecule has 136 valence electrons. The molecule has 0 saturated heterocycles. The zero-order valence-corrected chi connectivity index (χ0v) is 15.7. The van der Waals surface area contributed by atoms with Crippen molar-refractivity contribution < 1.29 is 22.5 Å². The van der Waals surface area contributed by atoms with Crippen molar-refractivity contribution in [3.63, 3.8) is 0 Å². The van der Waals surface area contributed by atoms with Crippen molar-refractivity contribution in [1.82, 2.24) is 0 Å². The lowest BCUT2D eigenvalue weighted by Crippen LogP contribution is -2.42. The van der Waals surface area contributed by atoms with E-state index >= 15 is 0 Å². The minimum Gasteiger partial charge on any atom is -0.744 e. The van der Waals surface area contributed by atoms with Crippen molar-refractivity contribution in [3.8, 4) is 0 Å². The monoisotopic (exact) mass is 363 g/mol. The number of nitrogens with zero attached hydrogens (tertiary/aromatic N) is 1. The maximum atomic E-state index is 10.4. The Labute approximate surface area is 150 Å². The van der Waals surface area contributed by atoms with Crippen LogP contribution in [-0.4, -0.2) is 19.6 Å². The van der Waals surface area contributed by atoms with Gasteiger partial charge in [0.2, 0.25) is 12.4 Å². The van der Waals surface area contributed by atoms with E-state index in [9.17, 15) is 13.0 Å². The van der Waals surface area contributed by atoms with Crippen LogP contribution in [0, 0.1) is 6.92 Å². The fraction of sp³-hybridized carbons (Fsp3) is 0.316. The van der Waals surface area contributed by atoms with Gasteiger partial charge in [-0.1, -0.05) is 35.4 Å². The number of hydrogen-bond acceptors (Lipinski definition) is 4. The summed E-state index contributed by atoms with van der Waals surface area (Å²) in [5.41, 5.74) is 2.30. The van der Waals surface area contributed by atoms with Crippen LogP contribution >= 0.6 is 0 Å². The van der Waals surface area contributed by atoms with Gasteiger partial charge >= 0.3 is 0 Å². The molecule has 0 amide bonds. The highest BCUT2D eigenvalue weighted by molar-refractivity contribution is 7.85. The van der Waals surface area contributed by atoms with E-state index in [0.29, 0.717) is 0 Å². The van der Waals surface area contributed by atoms with Crippen LogP contribution in [0.4, 0.5) is 0 Å². The third-order valence-electron chi connectivity index (χ3n) is 3.14. The normalized spacial score (nSPS) is 10.4. The second kappa shape index (κ2) is 10.6. The number of allylic oxidation sites excluding steroid dienone is 2. The maximum Gasteiger partial charge on any atom is 0.222 e. The molecule has 1 heterocycles. The highest BCUT2D eigenvalue weighted by atomic mass is 32.2. The van der Waals surface area contributed by atoms with Gasteiger partial charge in [-0.25, -0.2) is 8.42 Å². The van der Waals surface area contributed by atoms with Gasteiger partial charge in [-0.05, 0) is 45.7 Å². The summed E-state index contributed by atoms with van der Waals surface area (Å²) in [5, 5.41) is 0. The standard InChI is InChI=1S/C12H18NO.C7H8O3S/c1-12(2)8-4-7-11-14-13-9-5-3-6-10-13;1-6-2-4-7(5-3-6)11(8,9)10/h3,5-6,8-10H,4,7,11H2,1-2H3;2-5H,1H3,(H,8,9,10)/q+1;/p-1. The largest absolute Gasteiger partial charge is 0.744 e. The Hall–Kier alpha value is -2.18. The molecular weight excluding hydrogens is 338 g/mol. The molecule has 0 N–H and O–H groups in total. The van der Waals surface area contributed by atoms with Crippen LogP contribution in [-0.2, 0) is 10.1 Å². The molecule has 2 aromatic rings. The average molecular weight is 363 g/mol. The molecule has 2 rings (SSSR count). The molecule has 5 nitrogen and oxygen atoms in total. The SMILES string of the molecule is CC(C)=CCCCO[n+]1ccccc1.Cc1ccc(S(=O)(=O)[O-])cc1. The van der Waals surface area contributed by atoms with Gasteiger partial charge in [0.1, 0.15) is 10.1 Å². The molecule has 0 saturated carbocycles. The Balaban J connectivity index is 0.000000257. The molecule has 1 aromatic heterocycles. The third kappa shape index (κ3) is 9.64. The first kappa shape index (κ1) is 20.9. The highest BCUT2D eigenvalue weighted by Crippen LogP contribution is 2.08. The number of benzene rings is 1. The summed E-state index contributed by atoms with van der Waals surface area (Å²) in [7, 11) is -4.27. The van der Waals surface area contributed by atoms with Crippen LogP contribution in [0.2, 0.25) is 0 Å². The van der Waals surface area contributed by atoms with Crippen molar-refractivity contribution in [2.24, 2.45) is 0 Å². The van der Waals surface area contributed by atoms with E-state index in [4.69, 9.17) is 4.84 Å². The molecule has 0 aliphatic carbocycles. The molecule has 0 unspecified atom stereocenters. The summed E-state index contributed by atoms with van der Waals surface area (Å²) >= 11 is 0. The van der Waals surface area contributed by atoms with Gasteiger partial charge in [-0.15, -0.1) is 0 Å². The van der Waals surface area contributed by atoms with E-state index in [-0.39, 0.29) is 4.90 Å². The molecule has 25 heavy (non-hydrogen) atoms. The van der Waals surface area contributed by atoms with Gasteiger partial charge in [0.25, 0.3) is 0 Å². The summed E-state index contributed by atoms with van der Waals surface area (Å²) in [6.07, 6.45) is 8.20. The van der Waals surface area contributed by atoms with Crippen LogP contribution in [0.1, 0.15) is 32.3 Å². The second-order valence-corrected chi connectivity index (χ2v) is 7.14. The lowest BCUT2D eigenvalue weighted by molar-refractivity contribution is -0.891. The molecule has 0 spiro atoms. The summed E-state index contributed by atoms with van der Waals surface area (Å²) in [4.78, 5) is 5.30. The summed E-state index contributed by atoms with van der Waals surface area (Å²) < 4.78 is 32.9. The number of aromatic nitrogens is 1. The second-order valence-electron chi connectivity index (χ2n) is 5.76. The Bertz CT molecular complexity index is 750. The van der Waals surface area contributed by atoms with Gasteiger partial charge in [-0.3, -0.25) is 4.84 Å². The molecule has 0 fully saturated rings. The van der Waals surface area contributed by atoms with E-state index in [1.54, 1.807) is 16.9 Å². The number of pyridine rings is 1.